The van der Waals surface area contributed by atoms with Crippen LogP contribution in [0, 0.1) is 0 Å². The number of guanidine groups is 1. The lowest BCUT2D eigenvalue weighted by molar-refractivity contribution is -0.127. The topological polar surface area (TPSA) is 90.9 Å². The molecule has 9 heteroatoms. The molecule has 0 saturated carbocycles. The first-order valence-electron chi connectivity index (χ1n) is 9.49. The predicted octanol–water partition coefficient (Wildman–Crippen LogP) is 1.82. The van der Waals surface area contributed by atoms with Crippen molar-refractivity contribution in [1.29, 1.82) is 0 Å². The van der Waals surface area contributed by atoms with Crippen LogP contribution in [0.5, 0.6) is 0 Å². The summed E-state index contributed by atoms with van der Waals surface area (Å²) in [6.07, 6.45) is 4.49. The van der Waals surface area contributed by atoms with E-state index in [9.17, 15) is 13.2 Å². The quantitative estimate of drug-likeness (QED) is 0.224. The van der Waals surface area contributed by atoms with E-state index in [4.69, 9.17) is 0 Å². The third kappa shape index (κ3) is 8.34. The highest BCUT2D eigenvalue weighted by molar-refractivity contribution is 14.0. The van der Waals surface area contributed by atoms with Crippen LogP contribution in [0.4, 0.5) is 0 Å². The summed E-state index contributed by atoms with van der Waals surface area (Å²) in [7, 11) is -3.15. The van der Waals surface area contributed by atoms with E-state index in [0.717, 1.165) is 50.4 Å². The lowest BCUT2D eigenvalue weighted by atomic mass is 10.1. The number of hydrogen-bond acceptors (Lipinski definition) is 4. The van der Waals surface area contributed by atoms with E-state index in [1.165, 1.54) is 6.26 Å². The zero-order valence-corrected chi connectivity index (χ0v) is 19.8. The molecule has 1 amide bonds. The number of sulfone groups is 1. The number of rotatable bonds is 9. The summed E-state index contributed by atoms with van der Waals surface area (Å²) in [5, 5.41) is 6.51. The van der Waals surface area contributed by atoms with Crippen molar-refractivity contribution < 1.29 is 13.2 Å². The summed E-state index contributed by atoms with van der Waals surface area (Å²) in [5.41, 5.74) is 1.07. The third-order valence-electron chi connectivity index (χ3n) is 4.43. The fourth-order valence-corrected chi connectivity index (χ4v) is 3.59. The Labute approximate surface area is 185 Å². The molecule has 0 unspecified atom stereocenters. The molecular weight excluding hydrogens is 491 g/mol. The van der Waals surface area contributed by atoms with Crippen LogP contribution in [0.1, 0.15) is 31.7 Å². The summed E-state index contributed by atoms with van der Waals surface area (Å²) in [5.74, 6) is 1.02. The SMILES string of the molecule is CCNC(=NCCCN1CCCC1=O)NCCc1ccc(S(C)(=O)=O)cc1.I. The highest BCUT2D eigenvalue weighted by Gasteiger charge is 2.18. The molecule has 0 aliphatic carbocycles. The molecule has 0 atom stereocenters. The van der Waals surface area contributed by atoms with Gasteiger partial charge in [-0.1, -0.05) is 12.1 Å². The van der Waals surface area contributed by atoms with Gasteiger partial charge in [0.1, 0.15) is 0 Å². The second-order valence-electron chi connectivity index (χ2n) is 6.69. The Kier molecular flexibility index (Phi) is 10.8. The Morgan fingerprint density at radius 2 is 1.93 bits per heavy atom. The molecule has 7 nitrogen and oxygen atoms in total. The predicted molar refractivity (Wildman–Crippen MR) is 123 cm³/mol. The van der Waals surface area contributed by atoms with E-state index < -0.39 is 9.84 Å². The highest BCUT2D eigenvalue weighted by Crippen LogP contribution is 2.11. The smallest absolute Gasteiger partial charge is 0.222 e. The molecule has 0 bridgehead atoms. The second-order valence-corrected chi connectivity index (χ2v) is 8.71. The molecule has 1 heterocycles. The molecule has 1 aromatic rings. The van der Waals surface area contributed by atoms with Crippen molar-refractivity contribution in [3.63, 3.8) is 0 Å². The maximum atomic E-state index is 11.6. The molecule has 28 heavy (non-hydrogen) atoms. The first-order valence-corrected chi connectivity index (χ1v) is 11.4. The molecule has 2 rings (SSSR count). The Morgan fingerprint density at radius 1 is 1.21 bits per heavy atom. The van der Waals surface area contributed by atoms with Crippen LogP contribution in [0.25, 0.3) is 0 Å². The number of halogens is 1. The van der Waals surface area contributed by atoms with E-state index >= 15 is 0 Å². The third-order valence-corrected chi connectivity index (χ3v) is 5.56. The van der Waals surface area contributed by atoms with E-state index in [1.807, 2.05) is 24.0 Å². The lowest BCUT2D eigenvalue weighted by Crippen LogP contribution is -2.38. The van der Waals surface area contributed by atoms with Gasteiger partial charge >= 0.3 is 0 Å². The molecule has 158 valence electrons. The summed E-state index contributed by atoms with van der Waals surface area (Å²) in [6, 6.07) is 6.97. The molecule has 1 aliphatic heterocycles. The van der Waals surface area contributed by atoms with Gasteiger partial charge < -0.3 is 15.5 Å². The van der Waals surface area contributed by atoms with Crippen LogP contribution in [0.3, 0.4) is 0 Å². The maximum absolute atomic E-state index is 11.6. The molecule has 0 aromatic heterocycles. The summed E-state index contributed by atoms with van der Waals surface area (Å²) < 4.78 is 23.0. The van der Waals surface area contributed by atoms with E-state index in [2.05, 4.69) is 15.6 Å². The highest BCUT2D eigenvalue weighted by atomic mass is 127. The number of carbonyl (C=O) groups is 1. The normalized spacial score (nSPS) is 14.7. The molecule has 0 radical (unpaired) electrons. The first kappa shape index (κ1) is 24.7. The summed E-state index contributed by atoms with van der Waals surface area (Å²) in [4.78, 5) is 18.4. The van der Waals surface area contributed by atoms with E-state index in [0.29, 0.717) is 24.4 Å². The zero-order chi connectivity index (χ0) is 19.7. The number of amides is 1. The van der Waals surface area contributed by atoms with Gasteiger partial charge in [-0.05, 0) is 43.9 Å². The molecule has 2 N–H and O–H groups in total. The van der Waals surface area contributed by atoms with Gasteiger partial charge in [0, 0.05) is 45.4 Å². The Balaban J connectivity index is 0.00000392. The number of nitrogens with one attached hydrogen (secondary N) is 2. The molecule has 1 fully saturated rings. The van der Waals surface area contributed by atoms with Crippen molar-refractivity contribution in [2.45, 2.75) is 37.5 Å². The zero-order valence-electron chi connectivity index (χ0n) is 16.6. The van der Waals surface area contributed by atoms with Crippen molar-refractivity contribution in [3.05, 3.63) is 29.8 Å². The van der Waals surface area contributed by atoms with Crippen molar-refractivity contribution in [2.75, 3.05) is 39.0 Å². The first-order chi connectivity index (χ1) is 12.9. The number of likely N-dealkylation sites (tertiary alicyclic amines) is 1. The fourth-order valence-electron chi connectivity index (χ4n) is 2.96. The minimum atomic E-state index is -3.15. The number of carbonyl (C=O) groups excluding carboxylic acids is 1. The Hall–Kier alpha value is -1.36. The van der Waals surface area contributed by atoms with Gasteiger partial charge in [0.25, 0.3) is 0 Å². The van der Waals surface area contributed by atoms with Crippen molar-refractivity contribution in [3.8, 4) is 0 Å². The Morgan fingerprint density at radius 3 is 2.50 bits per heavy atom. The monoisotopic (exact) mass is 522 g/mol. The molecule has 1 aliphatic rings. The molecular formula is C19H31IN4O3S. The van der Waals surface area contributed by atoms with Crippen molar-refractivity contribution in [2.24, 2.45) is 4.99 Å². The minimum Gasteiger partial charge on any atom is -0.357 e. The molecule has 1 aromatic carbocycles. The van der Waals surface area contributed by atoms with Gasteiger partial charge in [-0.2, -0.15) is 0 Å². The van der Waals surface area contributed by atoms with Gasteiger partial charge in [-0.3, -0.25) is 9.79 Å². The minimum absolute atomic E-state index is 0. The summed E-state index contributed by atoms with van der Waals surface area (Å²) in [6.45, 7) is 5.81. The standard InChI is InChI=1S/C19H30N4O3S.HI/c1-3-20-19(21-12-5-15-23-14-4-6-18(23)24)22-13-11-16-7-9-17(10-8-16)27(2,25)26;/h7-10H,3-6,11-15H2,1-2H3,(H2,20,21,22);1H. The van der Waals surface area contributed by atoms with Crippen molar-refractivity contribution in [1.82, 2.24) is 15.5 Å². The van der Waals surface area contributed by atoms with Crippen molar-refractivity contribution >= 4 is 45.7 Å². The van der Waals surface area contributed by atoms with Gasteiger partial charge in [-0.15, -0.1) is 24.0 Å². The van der Waals surface area contributed by atoms with Gasteiger partial charge in [0.15, 0.2) is 15.8 Å². The average molecular weight is 522 g/mol. The van der Waals surface area contributed by atoms with Crippen LogP contribution < -0.4 is 10.6 Å². The number of aliphatic imine (C=N–C) groups is 1. The number of benzene rings is 1. The number of nitrogens with zero attached hydrogens (tertiary/aromatic N) is 2. The van der Waals surface area contributed by atoms with Gasteiger partial charge in [0.05, 0.1) is 4.90 Å². The van der Waals surface area contributed by atoms with Crippen LogP contribution in [-0.2, 0) is 21.1 Å². The fraction of sp³-hybridized carbons (Fsp3) is 0.579. The average Bonchev–Trinajstić information content (AvgIpc) is 3.03. The van der Waals surface area contributed by atoms with Crippen LogP contribution >= 0.6 is 24.0 Å². The molecule has 0 spiro atoms. The van der Waals surface area contributed by atoms with E-state index in [-0.39, 0.29) is 29.9 Å². The van der Waals surface area contributed by atoms with E-state index in [1.54, 1.807) is 12.1 Å². The van der Waals surface area contributed by atoms with Gasteiger partial charge in [-0.25, -0.2) is 8.42 Å². The van der Waals surface area contributed by atoms with Crippen LogP contribution in [0.2, 0.25) is 0 Å². The van der Waals surface area contributed by atoms with Gasteiger partial charge in [0.2, 0.25) is 5.91 Å². The number of hydrogen-bond donors (Lipinski definition) is 2. The van der Waals surface area contributed by atoms with Crippen LogP contribution in [-0.4, -0.2) is 64.2 Å². The molecule has 1 saturated heterocycles. The lowest BCUT2D eigenvalue weighted by Gasteiger charge is -2.15. The largest absolute Gasteiger partial charge is 0.357 e. The summed E-state index contributed by atoms with van der Waals surface area (Å²) >= 11 is 0. The Bertz CT molecular complexity index is 751. The second kappa shape index (κ2) is 12.3. The van der Waals surface area contributed by atoms with Crippen LogP contribution in [0.15, 0.2) is 34.2 Å². The maximum Gasteiger partial charge on any atom is 0.222 e.